The zero-order chi connectivity index (χ0) is 21.7. The molecule has 182 valence electrons. The minimum absolute atomic E-state index is 0. The summed E-state index contributed by atoms with van der Waals surface area (Å²) in [6.07, 6.45) is 16.3. The Morgan fingerprint density at radius 3 is 1.43 bits per heavy atom. The van der Waals surface area contributed by atoms with Gasteiger partial charge in [0.25, 0.3) is 0 Å². The number of carbonyl (C=O) groups is 1. The predicted molar refractivity (Wildman–Crippen MR) is 124 cm³/mol. The van der Waals surface area contributed by atoms with Gasteiger partial charge in [-0.15, -0.1) is 12.4 Å². The Morgan fingerprint density at radius 1 is 0.667 bits per heavy atom. The van der Waals surface area contributed by atoms with Crippen molar-refractivity contribution in [1.82, 2.24) is 4.90 Å². The van der Waals surface area contributed by atoms with Crippen LogP contribution in [0.15, 0.2) is 0 Å². The predicted octanol–water partition coefficient (Wildman–Crippen LogP) is 4.51. The fourth-order valence-corrected chi connectivity index (χ4v) is 3.59. The lowest BCUT2D eigenvalue weighted by atomic mass is 10.0. The van der Waals surface area contributed by atoms with Crippen molar-refractivity contribution in [2.75, 3.05) is 13.1 Å². The van der Waals surface area contributed by atoms with Gasteiger partial charge in [-0.2, -0.15) is 0 Å². The van der Waals surface area contributed by atoms with Gasteiger partial charge in [-0.05, 0) is 6.42 Å². The van der Waals surface area contributed by atoms with Crippen LogP contribution in [0.2, 0.25) is 0 Å². The van der Waals surface area contributed by atoms with E-state index in [2.05, 4.69) is 6.92 Å². The van der Waals surface area contributed by atoms with Crippen LogP contribution < -0.4 is 0 Å². The monoisotopic (exact) mass is 453 g/mol. The van der Waals surface area contributed by atoms with Crippen molar-refractivity contribution in [3.63, 3.8) is 0 Å². The van der Waals surface area contributed by atoms with Gasteiger partial charge in [-0.3, -0.25) is 4.79 Å². The molecule has 0 radical (unpaired) electrons. The van der Waals surface area contributed by atoms with Gasteiger partial charge in [-0.1, -0.05) is 96.8 Å². The number of hydrogen-bond acceptors (Lipinski definition) is 5. The summed E-state index contributed by atoms with van der Waals surface area (Å²) < 4.78 is 0. The Hall–Kier alpha value is -0.400. The first-order valence-electron chi connectivity index (χ1n) is 12.0. The maximum atomic E-state index is 12.2. The molecule has 30 heavy (non-hydrogen) atoms. The number of rotatable bonds is 21. The molecule has 0 aromatic heterocycles. The first-order valence-corrected chi connectivity index (χ1v) is 12.0. The average Bonchev–Trinajstić information content (AvgIpc) is 2.67. The van der Waals surface area contributed by atoms with Gasteiger partial charge in [0.1, 0.15) is 0 Å². The molecule has 0 aliphatic rings. The second kappa shape index (κ2) is 23.3. The molecule has 7 heteroatoms. The third-order valence-electron chi connectivity index (χ3n) is 5.39. The van der Waals surface area contributed by atoms with E-state index < -0.39 is 12.6 Å². The molecule has 0 saturated carbocycles. The van der Waals surface area contributed by atoms with Gasteiger partial charge in [0.05, 0.1) is 6.54 Å². The zero-order valence-electron chi connectivity index (χ0n) is 19.1. The normalized spacial score (nSPS) is 11.2. The largest absolute Gasteiger partial charge is 0.368 e. The summed E-state index contributed by atoms with van der Waals surface area (Å²) in [6.45, 7) is 2.18. The van der Waals surface area contributed by atoms with Gasteiger partial charge in [0.2, 0.25) is 5.91 Å². The number of halogens is 1. The smallest absolute Gasteiger partial charge is 0.222 e. The van der Waals surface area contributed by atoms with Crippen LogP contribution in [0, 0.1) is 0 Å². The lowest BCUT2D eigenvalue weighted by Crippen LogP contribution is -2.39. The van der Waals surface area contributed by atoms with Gasteiger partial charge in [0, 0.05) is 19.4 Å². The third-order valence-corrected chi connectivity index (χ3v) is 5.39. The number of hydrogen-bond donors (Lipinski definition) is 4. The van der Waals surface area contributed by atoms with Crippen molar-refractivity contribution in [3.05, 3.63) is 0 Å². The van der Waals surface area contributed by atoms with Crippen LogP contribution in [-0.2, 0) is 4.79 Å². The summed E-state index contributed by atoms with van der Waals surface area (Å²) in [7, 11) is 0. The molecule has 0 aliphatic carbocycles. The zero-order valence-corrected chi connectivity index (χ0v) is 20.0. The fourth-order valence-electron chi connectivity index (χ4n) is 3.59. The van der Waals surface area contributed by atoms with Gasteiger partial charge < -0.3 is 25.3 Å². The first kappa shape index (κ1) is 31.8. The minimum atomic E-state index is -1.60. The maximum absolute atomic E-state index is 12.2. The van der Waals surface area contributed by atoms with Crippen LogP contribution in [-0.4, -0.2) is 56.9 Å². The standard InChI is InChI=1S/C23H47NO5.ClH/c1-2-3-4-5-6-7-8-9-10-11-12-13-14-15-16-17-21(25)24(20-23(28)29)19-18-22(26)27;/h22-23,26-29H,2-20H2,1H3;1H. The number of aliphatic hydroxyl groups is 4. The van der Waals surface area contributed by atoms with Crippen LogP contribution >= 0.6 is 12.4 Å². The summed E-state index contributed by atoms with van der Waals surface area (Å²) in [4.78, 5) is 13.5. The van der Waals surface area contributed by atoms with Crippen molar-refractivity contribution in [2.24, 2.45) is 0 Å². The summed E-state index contributed by atoms with van der Waals surface area (Å²) in [5.41, 5.74) is 0. The minimum Gasteiger partial charge on any atom is -0.368 e. The molecule has 0 aromatic carbocycles. The number of nitrogens with zero attached hydrogens (tertiary/aromatic N) is 1. The average molecular weight is 454 g/mol. The van der Waals surface area contributed by atoms with Gasteiger partial charge in [0.15, 0.2) is 12.6 Å². The third kappa shape index (κ3) is 22.3. The van der Waals surface area contributed by atoms with E-state index >= 15 is 0 Å². The molecule has 0 bridgehead atoms. The summed E-state index contributed by atoms with van der Waals surface area (Å²) in [6, 6.07) is 0. The second-order valence-corrected chi connectivity index (χ2v) is 8.29. The molecule has 0 fully saturated rings. The highest BCUT2D eigenvalue weighted by molar-refractivity contribution is 5.85. The molecule has 0 unspecified atom stereocenters. The molecule has 0 saturated heterocycles. The number of unbranched alkanes of at least 4 members (excludes halogenated alkanes) is 14. The van der Waals surface area contributed by atoms with E-state index in [-0.39, 0.29) is 37.8 Å². The van der Waals surface area contributed by atoms with Gasteiger partial charge >= 0.3 is 0 Å². The highest BCUT2D eigenvalue weighted by Gasteiger charge is 2.16. The number of aliphatic hydroxyl groups excluding tert-OH is 2. The van der Waals surface area contributed by atoms with E-state index in [9.17, 15) is 4.79 Å². The molecule has 0 aromatic rings. The number of amides is 1. The van der Waals surface area contributed by atoms with E-state index in [1.807, 2.05) is 0 Å². The molecular formula is C23H48ClNO5. The molecule has 0 atom stereocenters. The van der Waals surface area contributed by atoms with E-state index in [0.717, 1.165) is 19.3 Å². The summed E-state index contributed by atoms with van der Waals surface area (Å²) in [5.74, 6) is -0.159. The van der Waals surface area contributed by atoms with E-state index in [1.54, 1.807) is 0 Å². The Bertz CT molecular complexity index is 370. The van der Waals surface area contributed by atoms with Gasteiger partial charge in [-0.25, -0.2) is 0 Å². The highest BCUT2D eigenvalue weighted by atomic mass is 35.5. The Kier molecular flexibility index (Phi) is 24.7. The topological polar surface area (TPSA) is 101 Å². The highest BCUT2D eigenvalue weighted by Crippen LogP contribution is 2.14. The van der Waals surface area contributed by atoms with Crippen LogP contribution in [0.25, 0.3) is 0 Å². The van der Waals surface area contributed by atoms with Crippen molar-refractivity contribution < 1.29 is 25.2 Å². The maximum Gasteiger partial charge on any atom is 0.222 e. The summed E-state index contributed by atoms with van der Waals surface area (Å²) >= 11 is 0. The molecule has 0 aliphatic heterocycles. The Labute approximate surface area is 190 Å². The van der Waals surface area contributed by atoms with E-state index in [0.29, 0.717) is 6.42 Å². The lowest BCUT2D eigenvalue weighted by molar-refractivity contribution is -0.139. The first-order chi connectivity index (χ1) is 14.0. The quantitative estimate of drug-likeness (QED) is 0.151. The molecule has 0 heterocycles. The lowest BCUT2D eigenvalue weighted by Gasteiger charge is -2.24. The van der Waals surface area contributed by atoms with E-state index in [4.69, 9.17) is 20.4 Å². The van der Waals surface area contributed by atoms with Crippen molar-refractivity contribution in [3.8, 4) is 0 Å². The van der Waals surface area contributed by atoms with E-state index in [1.165, 1.54) is 81.9 Å². The molecule has 0 rings (SSSR count). The summed E-state index contributed by atoms with van der Waals surface area (Å²) in [5, 5.41) is 36.0. The van der Waals surface area contributed by atoms with Crippen molar-refractivity contribution in [1.29, 1.82) is 0 Å². The van der Waals surface area contributed by atoms with Crippen molar-refractivity contribution >= 4 is 18.3 Å². The molecule has 0 spiro atoms. The number of carbonyl (C=O) groups excluding carboxylic acids is 1. The van der Waals surface area contributed by atoms with Crippen LogP contribution in [0.1, 0.15) is 116 Å². The second-order valence-electron chi connectivity index (χ2n) is 8.29. The Morgan fingerprint density at radius 2 is 1.07 bits per heavy atom. The Balaban J connectivity index is 0. The van der Waals surface area contributed by atoms with Crippen molar-refractivity contribution in [2.45, 2.75) is 129 Å². The molecule has 6 nitrogen and oxygen atoms in total. The SMILES string of the molecule is CCCCCCCCCCCCCCCCCC(=O)N(CCC(O)O)CC(O)O.Cl. The van der Waals surface area contributed by atoms with Crippen LogP contribution in [0.3, 0.4) is 0 Å². The molecule has 4 N–H and O–H groups in total. The van der Waals surface area contributed by atoms with Crippen LogP contribution in [0.5, 0.6) is 0 Å². The molecular weight excluding hydrogens is 406 g/mol. The fraction of sp³-hybridized carbons (Fsp3) is 0.957. The molecule has 1 amide bonds. The van der Waals surface area contributed by atoms with Crippen LogP contribution in [0.4, 0.5) is 0 Å².